The molecule has 0 spiro atoms. The quantitative estimate of drug-likeness (QED) is 0.122. The minimum atomic E-state index is -0.657. The second-order valence-corrected chi connectivity index (χ2v) is 15.3. The first-order valence-corrected chi connectivity index (χ1v) is 14.3. The van der Waals surface area contributed by atoms with Crippen LogP contribution in [0, 0.1) is 0 Å². The van der Waals surface area contributed by atoms with Gasteiger partial charge >= 0.3 is 0 Å². The maximum Gasteiger partial charge on any atom is 0.167 e. The summed E-state index contributed by atoms with van der Waals surface area (Å²) in [6.45, 7) is 14.3. The van der Waals surface area contributed by atoms with E-state index in [1.165, 1.54) is 0 Å². The van der Waals surface area contributed by atoms with Crippen LogP contribution in [0.1, 0.15) is 48.0 Å². The average Bonchev–Trinajstić information content (AvgIpc) is 3.30. The number of rotatable bonds is 9. The lowest BCUT2D eigenvalue weighted by Gasteiger charge is -2.38. The fourth-order valence-electron chi connectivity index (χ4n) is 5.07. The number of thiol groups is 1. The highest BCUT2D eigenvalue weighted by molar-refractivity contribution is 7.80. The van der Waals surface area contributed by atoms with Crippen molar-refractivity contribution in [2.75, 3.05) is 27.4 Å². The van der Waals surface area contributed by atoms with Crippen LogP contribution in [0.2, 0.25) is 5.04 Å². The van der Waals surface area contributed by atoms with Gasteiger partial charge in [0.05, 0.1) is 42.7 Å². The lowest BCUT2D eigenvalue weighted by atomic mass is 9.94. The van der Waals surface area contributed by atoms with E-state index in [0.29, 0.717) is 6.61 Å². The fraction of sp³-hybridized carbons (Fsp3) is 1.00. The summed E-state index contributed by atoms with van der Waals surface area (Å²) in [7, 11) is 3.48. The minimum Gasteiger partial charge on any atom is -0.421 e. The SMILES string of the molecule is CC(S)OC1CC(N2CNC3(C)C4OC4NC(NC(C)N(C)C)NC23)OC1CO[SiH2]C(C)(C)C. The first-order valence-electron chi connectivity index (χ1n) is 12.5. The number of nitrogens with zero attached hydrogens (tertiary/aromatic N) is 2. The largest absolute Gasteiger partial charge is 0.421 e. The highest BCUT2D eigenvalue weighted by Crippen LogP contribution is 2.41. The summed E-state index contributed by atoms with van der Waals surface area (Å²) >= 11 is 4.48. The minimum absolute atomic E-state index is 0.0204. The van der Waals surface area contributed by atoms with Crippen molar-refractivity contribution in [1.82, 2.24) is 31.1 Å². The van der Waals surface area contributed by atoms with Crippen molar-refractivity contribution < 1.29 is 18.6 Å². The van der Waals surface area contributed by atoms with Crippen LogP contribution in [0.5, 0.6) is 0 Å². The Balaban J connectivity index is 1.46. The van der Waals surface area contributed by atoms with Crippen LogP contribution in [0.25, 0.3) is 0 Å². The van der Waals surface area contributed by atoms with Crippen LogP contribution >= 0.6 is 12.6 Å². The number of hydrogen-bond acceptors (Lipinski definition) is 11. The van der Waals surface area contributed by atoms with E-state index in [1.54, 1.807) is 0 Å². The van der Waals surface area contributed by atoms with Gasteiger partial charge in [0.15, 0.2) is 9.76 Å². The smallest absolute Gasteiger partial charge is 0.167 e. The Kier molecular flexibility index (Phi) is 8.40. The van der Waals surface area contributed by atoms with Crippen molar-refractivity contribution >= 4 is 22.4 Å². The zero-order valence-electron chi connectivity index (χ0n) is 22.0. The summed E-state index contributed by atoms with van der Waals surface area (Å²) in [5.74, 6) is 0. The van der Waals surface area contributed by atoms with Gasteiger partial charge in [-0.3, -0.25) is 26.2 Å². The zero-order valence-corrected chi connectivity index (χ0v) is 24.3. The summed E-state index contributed by atoms with van der Waals surface area (Å²) in [4.78, 5) is 4.52. The molecule has 0 radical (unpaired) electrons. The third-order valence-corrected chi connectivity index (χ3v) is 8.63. The Labute approximate surface area is 212 Å². The normalized spacial score (nSPS) is 42.7. The van der Waals surface area contributed by atoms with Crippen LogP contribution in [0.3, 0.4) is 0 Å². The number of hydrogen-bond donors (Lipinski definition) is 5. The molecule has 4 fully saturated rings. The molecule has 198 valence electrons. The van der Waals surface area contributed by atoms with Gasteiger partial charge in [0.25, 0.3) is 0 Å². The van der Waals surface area contributed by atoms with Crippen LogP contribution in [0.4, 0.5) is 0 Å². The number of epoxide rings is 1. The monoisotopic (exact) mass is 518 g/mol. The maximum atomic E-state index is 6.61. The number of nitrogens with one attached hydrogen (secondary N) is 4. The summed E-state index contributed by atoms with van der Waals surface area (Å²) in [5.41, 5.74) is -0.390. The molecule has 12 heteroatoms. The van der Waals surface area contributed by atoms with Gasteiger partial charge in [-0.15, -0.1) is 12.6 Å². The van der Waals surface area contributed by atoms with E-state index in [0.717, 1.165) is 13.1 Å². The molecule has 0 bridgehead atoms. The molecule has 0 aliphatic carbocycles. The van der Waals surface area contributed by atoms with Gasteiger partial charge in [-0.05, 0) is 39.9 Å². The molecule has 4 aliphatic rings. The molecule has 0 aromatic carbocycles. The Morgan fingerprint density at radius 2 is 2.00 bits per heavy atom. The highest BCUT2D eigenvalue weighted by Gasteiger charge is 2.64. The van der Waals surface area contributed by atoms with E-state index in [1.807, 2.05) is 6.92 Å². The van der Waals surface area contributed by atoms with Crippen molar-refractivity contribution in [3.8, 4) is 0 Å². The second-order valence-electron chi connectivity index (χ2n) is 11.8. The van der Waals surface area contributed by atoms with E-state index < -0.39 is 9.76 Å². The van der Waals surface area contributed by atoms with Crippen LogP contribution in [0.15, 0.2) is 0 Å². The molecule has 4 saturated heterocycles. The second kappa shape index (κ2) is 10.5. The zero-order chi connectivity index (χ0) is 24.8. The van der Waals surface area contributed by atoms with E-state index in [-0.39, 0.29) is 65.4 Å². The maximum absolute atomic E-state index is 6.61. The summed E-state index contributed by atoms with van der Waals surface area (Å²) in [5, 5.41) is 14.9. The van der Waals surface area contributed by atoms with Gasteiger partial charge in [0, 0.05) is 6.42 Å². The molecule has 0 aromatic heterocycles. The van der Waals surface area contributed by atoms with Crippen LogP contribution in [-0.2, 0) is 18.6 Å². The molecule has 4 rings (SSSR count). The number of ether oxygens (including phenoxy) is 3. The summed E-state index contributed by atoms with van der Waals surface area (Å²) < 4.78 is 25.0. The van der Waals surface area contributed by atoms with Gasteiger partial charge in [-0.1, -0.05) is 20.8 Å². The Bertz CT molecular complexity index is 703. The molecule has 4 aliphatic heterocycles. The molecular formula is C22H46N6O4SSi. The van der Waals surface area contributed by atoms with Crippen molar-refractivity contribution in [2.24, 2.45) is 0 Å². The van der Waals surface area contributed by atoms with E-state index in [4.69, 9.17) is 18.6 Å². The Hall–Kier alpha value is 0.167. The first-order chi connectivity index (χ1) is 15.9. The van der Waals surface area contributed by atoms with Crippen molar-refractivity contribution in [1.29, 1.82) is 0 Å². The van der Waals surface area contributed by atoms with Crippen molar-refractivity contribution in [3.63, 3.8) is 0 Å². The van der Waals surface area contributed by atoms with Gasteiger partial charge in [0.2, 0.25) is 0 Å². The number of fused-ring (bicyclic) bond motifs is 3. The van der Waals surface area contributed by atoms with E-state index in [9.17, 15) is 0 Å². The molecule has 0 saturated carbocycles. The van der Waals surface area contributed by atoms with E-state index >= 15 is 0 Å². The topological polar surface area (TPSA) is 94.8 Å². The summed E-state index contributed by atoms with van der Waals surface area (Å²) in [6, 6.07) is 0. The van der Waals surface area contributed by atoms with Gasteiger partial charge in [0.1, 0.15) is 31.0 Å². The molecular weight excluding hydrogens is 472 g/mol. The standard InChI is InChI=1S/C22H46N6O4SSi/c1-12(27(7)8)24-20-25-18-17(32-18)22(6)19(26-20)28(11-23-22)16-9-14(30-13(2)33)15(31-16)10-29-34-21(3,4)5/h12-20,23-26,33H,9-11,34H2,1-8H3. The van der Waals surface area contributed by atoms with Gasteiger partial charge in [-0.2, -0.15) is 0 Å². The lowest BCUT2D eigenvalue weighted by Crippen LogP contribution is -2.66. The van der Waals surface area contributed by atoms with Gasteiger partial charge < -0.3 is 18.6 Å². The van der Waals surface area contributed by atoms with Gasteiger partial charge in [-0.25, -0.2) is 4.90 Å². The predicted octanol–water partition coefficient (Wildman–Crippen LogP) is -0.273. The highest BCUT2D eigenvalue weighted by atomic mass is 32.1. The molecule has 10 unspecified atom stereocenters. The van der Waals surface area contributed by atoms with Crippen molar-refractivity contribution in [2.45, 2.75) is 113 Å². The van der Waals surface area contributed by atoms with E-state index in [2.05, 4.69) is 92.4 Å². The first kappa shape index (κ1) is 27.2. The third-order valence-electron chi connectivity index (χ3n) is 7.20. The van der Waals surface area contributed by atoms with Crippen LogP contribution in [-0.4, -0.2) is 107 Å². The lowest BCUT2D eigenvalue weighted by molar-refractivity contribution is -0.0958. The molecule has 10 nitrogen and oxygen atoms in total. The molecule has 10 atom stereocenters. The molecule has 0 aromatic rings. The summed E-state index contributed by atoms with van der Waals surface area (Å²) in [6.07, 6.45) is 0.788. The predicted molar refractivity (Wildman–Crippen MR) is 138 cm³/mol. The average molecular weight is 519 g/mol. The fourth-order valence-corrected chi connectivity index (χ4v) is 6.19. The van der Waals surface area contributed by atoms with Crippen LogP contribution < -0.4 is 21.3 Å². The molecule has 4 N–H and O–H groups in total. The van der Waals surface area contributed by atoms with Crippen molar-refractivity contribution in [3.05, 3.63) is 0 Å². The third kappa shape index (κ3) is 6.17. The Morgan fingerprint density at radius 1 is 1.26 bits per heavy atom. The Morgan fingerprint density at radius 3 is 2.65 bits per heavy atom. The molecule has 0 amide bonds. The molecule has 4 heterocycles. The molecule has 34 heavy (non-hydrogen) atoms.